The molecule has 1 fully saturated rings. The molecule has 1 heterocycles. The van der Waals surface area contributed by atoms with Crippen molar-refractivity contribution in [1.29, 1.82) is 5.26 Å². The number of unbranched alkanes of at least 4 members (excludes halogenated alkanes) is 1. The molecule has 1 unspecified atom stereocenters. The SMILES string of the molecule is C=CCCC(=O)N[C@@H](CCCCOC1CCCCO1)C(=O)OCC#N. The highest BCUT2D eigenvalue weighted by Crippen LogP contribution is 2.14. The van der Waals surface area contributed by atoms with Gasteiger partial charge in [-0.3, -0.25) is 4.79 Å². The number of carbonyl (C=O) groups is 2. The Morgan fingerprint density at radius 2 is 2.24 bits per heavy atom. The monoisotopic (exact) mass is 352 g/mol. The molecule has 1 rings (SSSR count). The maximum Gasteiger partial charge on any atom is 0.329 e. The summed E-state index contributed by atoms with van der Waals surface area (Å²) in [6.45, 7) is 4.54. The quantitative estimate of drug-likeness (QED) is 0.328. The van der Waals surface area contributed by atoms with Crippen LogP contribution in [0.2, 0.25) is 0 Å². The van der Waals surface area contributed by atoms with Crippen molar-refractivity contribution < 1.29 is 23.8 Å². The summed E-state index contributed by atoms with van der Waals surface area (Å²) in [4.78, 5) is 23.8. The molecule has 0 aromatic carbocycles. The molecular weight excluding hydrogens is 324 g/mol. The van der Waals surface area contributed by atoms with E-state index in [0.717, 1.165) is 32.3 Å². The Kier molecular flexibility index (Phi) is 11.3. The van der Waals surface area contributed by atoms with Crippen LogP contribution in [-0.4, -0.2) is 44.0 Å². The van der Waals surface area contributed by atoms with Gasteiger partial charge in [0.1, 0.15) is 12.1 Å². The van der Waals surface area contributed by atoms with Gasteiger partial charge in [-0.25, -0.2) is 4.79 Å². The molecule has 1 aliphatic heterocycles. The van der Waals surface area contributed by atoms with E-state index < -0.39 is 12.0 Å². The lowest BCUT2D eigenvalue weighted by Crippen LogP contribution is -2.41. The molecule has 25 heavy (non-hydrogen) atoms. The average molecular weight is 352 g/mol. The lowest BCUT2D eigenvalue weighted by molar-refractivity contribution is -0.163. The predicted molar refractivity (Wildman–Crippen MR) is 91.3 cm³/mol. The van der Waals surface area contributed by atoms with Crippen LogP contribution < -0.4 is 5.32 Å². The molecule has 140 valence electrons. The second-order valence-electron chi connectivity index (χ2n) is 5.88. The largest absolute Gasteiger partial charge is 0.449 e. The minimum absolute atomic E-state index is 0.122. The summed E-state index contributed by atoms with van der Waals surface area (Å²) >= 11 is 0. The molecule has 1 saturated heterocycles. The number of carbonyl (C=O) groups excluding carboxylic acids is 2. The minimum atomic E-state index is -0.739. The van der Waals surface area contributed by atoms with Gasteiger partial charge in [-0.1, -0.05) is 6.08 Å². The molecular formula is C18H28N2O5. The van der Waals surface area contributed by atoms with Gasteiger partial charge in [-0.15, -0.1) is 6.58 Å². The van der Waals surface area contributed by atoms with Crippen molar-refractivity contribution in [2.45, 2.75) is 63.7 Å². The Balaban J connectivity index is 2.30. The average Bonchev–Trinajstić information content (AvgIpc) is 2.64. The summed E-state index contributed by atoms with van der Waals surface area (Å²) in [6, 6.07) is 1.01. The number of ether oxygens (including phenoxy) is 3. The van der Waals surface area contributed by atoms with Gasteiger partial charge in [-0.2, -0.15) is 5.26 Å². The second kappa shape index (κ2) is 13.4. The first kappa shape index (κ1) is 21.1. The van der Waals surface area contributed by atoms with E-state index in [1.807, 2.05) is 0 Å². The topological polar surface area (TPSA) is 97.7 Å². The summed E-state index contributed by atoms with van der Waals surface area (Å²) < 4.78 is 16.0. The van der Waals surface area contributed by atoms with E-state index in [0.29, 0.717) is 25.9 Å². The molecule has 0 aromatic rings. The molecule has 1 N–H and O–H groups in total. The Bertz CT molecular complexity index is 455. The maximum atomic E-state index is 12.0. The number of allylic oxidation sites excluding steroid dienone is 1. The summed E-state index contributed by atoms with van der Waals surface area (Å²) in [6.07, 6.45) is 7.35. The molecule has 0 aromatic heterocycles. The highest BCUT2D eigenvalue weighted by molar-refractivity contribution is 5.84. The zero-order valence-electron chi connectivity index (χ0n) is 14.7. The van der Waals surface area contributed by atoms with Gasteiger partial charge in [0.25, 0.3) is 0 Å². The number of hydrogen-bond acceptors (Lipinski definition) is 6. The van der Waals surface area contributed by atoms with Crippen LogP contribution in [0.3, 0.4) is 0 Å². The Hall–Kier alpha value is -1.91. The van der Waals surface area contributed by atoms with Gasteiger partial charge in [0.15, 0.2) is 12.9 Å². The fourth-order valence-electron chi connectivity index (χ4n) is 2.46. The highest BCUT2D eigenvalue weighted by atomic mass is 16.7. The molecule has 0 radical (unpaired) electrons. The lowest BCUT2D eigenvalue weighted by Gasteiger charge is -2.22. The van der Waals surface area contributed by atoms with Crippen molar-refractivity contribution in [3.63, 3.8) is 0 Å². The van der Waals surface area contributed by atoms with Gasteiger partial charge in [0, 0.05) is 19.6 Å². The number of nitrogens with one attached hydrogen (secondary N) is 1. The third kappa shape index (κ3) is 9.85. The van der Waals surface area contributed by atoms with E-state index in [1.54, 1.807) is 12.1 Å². The Morgan fingerprint density at radius 3 is 2.92 bits per heavy atom. The molecule has 0 bridgehead atoms. The van der Waals surface area contributed by atoms with Crippen LogP contribution in [0.5, 0.6) is 0 Å². The fourth-order valence-corrected chi connectivity index (χ4v) is 2.46. The third-order valence-corrected chi connectivity index (χ3v) is 3.80. The van der Waals surface area contributed by atoms with Crippen LogP contribution >= 0.6 is 0 Å². The van der Waals surface area contributed by atoms with E-state index in [1.165, 1.54) is 0 Å². The van der Waals surface area contributed by atoms with Gasteiger partial charge < -0.3 is 19.5 Å². The number of esters is 1. The molecule has 0 spiro atoms. The number of nitriles is 1. The van der Waals surface area contributed by atoms with Crippen LogP contribution in [0.15, 0.2) is 12.7 Å². The summed E-state index contributed by atoms with van der Waals surface area (Å²) in [7, 11) is 0. The van der Waals surface area contributed by atoms with E-state index in [-0.39, 0.29) is 25.2 Å². The zero-order valence-corrected chi connectivity index (χ0v) is 14.7. The first-order valence-corrected chi connectivity index (χ1v) is 8.84. The molecule has 1 aliphatic rings. The van der Waals surface area contributed by atoms with Crippen LogP contribution in [0, 0.1) is 11.3 Å². The molecule has 1 amide bonds. The standard InChI is InChI=1S/C18H28N2O5/c1-2-3-9-16(21)20-15(18(22)25-14-11-19)8-4-6-12-23-17-10-5-7-13-24-17/h2,15,17H,1,3-10,12-14H2,(H,20,21)/t15-,17?/m0/s1. The van der Waals surface area contributed by atoms with Gasteiger partial charge >= 0.3 is 5.97 Å². The summed E-state index contributed by atoms with van der Waals surface area (Å²) in [5.41, 5.74) is 0. The number of amides is 1. The first-order valence-electron chi connectivity index (χ1n) is 8.84. The normalized spacial score (nSPS) is 18.0. The van der Waals surface area contributed by atoms with Crippen molar-refractivity contribution in [3.8, 4) is 6.07 Å². The van der Waals surface area contributed by atoms with Gasteiger partial charge in [0.05, 0.1) is 0 Å². The number of hydrogen-bond donors (Lipinski definition) is 1. The second-order valence-corrected chi connectivity index (χ2v) is 5.88. The first-order chi connectivity index (χ1) is 12.2. The zero-order chi connectivity index (χ0) is 18.3. The maximum absolute atomic E-state index is 12.0. The lowest BCUT2D eigenvalue weighted by atomic mass is 10.1. The van der Waals surface area contributed by atoms with Gasteiger partial charge in [0.2, 0.25) is 5.91 Å². The van der Waals surface area contributed by atoms with Crippen LogP contribution in [-0.2, 0) is 23.8 Å². The van der Waals surface area contributed by atoms with Crippen molar-refractivity contribution >= 4 is 11.9 Å². The van der Waals surface area contributed by atoms with Gasteiger partial charge in [-0.05, 0) is 44.9 Å². The molecule has 0 saturated carbocycles. The van der Waals surface area contributed by atoms with E-state index >= 15 is 0 Å². The molecule has 2 atom stereocenters. The van der Waals surface area contributed by atoms with E-state index in [9.17, 15) is 9.59 Å². The fraction of sp³-hybridized carbons (Fsp3) is 0.722. The van der Waals surface area contributed by atoms with Crippen LogP contribution in [0.4, 0.5) is 0 Å². The summed E-state index contributed by atoms with van der Waals surface area (Å²) in [5.74, 6) is -0.810. The molecule has 7 nitrogen and oxygen atoms in total. The third-order valence-electron chi connectivity index (χ3n) is 3.80. The van der Waals surface area contributed by atoms with Crippen LogP contribution in [0.25, 0.3) is 0 Å². The molecule has 0 aliphatic carbocycles. The predicted octanol–water partition coefficient (Wildman–Crippen LogP) is 2.22. The van der Waals surface area contributed by atoms with Crippen molar-refractivity contribution in [2.75, 3.05) is 19.8 Å². The number of nitrogens with zero attached hydrogens (tertiary/aromatic N) is 1. The van der Waals surface area contributed by atoms with Crippen LogP contribution in [0.1, 0.15) is 51.4 Å². The smallest absolute Gasteiger partial charge is 0.329 e. The summed E-state index contributed by atoms with van der Waals surface area (Å²) in [5, 5.41) is 11.2. The van der Waals surface area contributed by atoms with E-state index in [2.05, 4.69) is 11.9 Å². The molecule has 7 heteroatoms. The number of rotatable bonds is 12. The van der Waals surface area contributed by atoms with Crippen molar-refractivity contribution in [3.05, 3.63) is 12.7 Å². The van der Waals surface area contributed by atoms with E-state index in [4.69, 9.17) is 19.5 Å². The van der Waals surface area contributed by atoms with Crippen molar-refractivity contribution in [2.24, 2.45) is 0 Å². The minimum Gasteiger partial charge on any atom is -0.449 e. The van der Waals surface area contributed by atoms with Crippen molar-refractivity contribution in [1.82, 2.24) is 5.32 Å². The Morgan fingerprint density at radius 1 is 1.40 bits per heavy atom. The highest BCUT2D eigenvalue weighted by Gasteiger charge is 2.22. The Labute approximate surface area is 149 Å².